The third-order valence-corrected chi connectivity index (χ3v) is 1.52. The SMILES string of the molecule is Br.N#Cc1ccc(CCN)cc1. The molecule has 0 fully saturated rings. The number of rotatable bonds is 2. The van der Waals surface area contributed by atoms with Gasteiger partial charge in [-0.25, -0.2) is 0 Å². The summed E-state index contributed by atoms with van der Waals surface area (Å²) in [6.45, 7) is 0.659. The zero-order valence-corrected chi connectivity index (χ0v) is 8.37. The fraction of sp³-hybridized carbons (Fsp3) is 0.222. The van der Waals surface area contributed by atoms with Gasteiger partial charge in [0.1, 0.15) is 0 Å². The van der Waals surface area contributed by atoms with Gasteiger partial charge in [0.25, 0.3) is 0 Å². The molecule has 1 aromatic carbocycles. The third kappa shape index (κ3) is 3.04. The Kier molecular flexibility index (Phi) is 5.35. The largest absolute Gasteiger partial charge is 0.330 e. The van der Waals surface area contributed by atoms with Crippen LogP contribution in [0.2, 0.25) is 0 Å². The van der Waals surface area contributed by atoms with Crippen LogP contribution in [0, 0.1) is 11.3 Å². The van der Waals surface area contributed by atoms with Gasteiger partial charge in [0.2, 0.25) is 0 Å². The normalized spacial score (nSPS) is 8.33. The summed E-state index contributed by atoms with van der Waals surface area (Å²) >= 11 is 0. The molecule has 3 heteroatoms. The van der Waals surface area contributed by atoms with Crippen molar-refractivity contribution in [2.24, 2.45) is 5.73 Å². The lowest BCUT2D eigenvalue weighted by atomic mass is 10.1. The molecule has 0 bridgehead atoms. The second-order valence-corrected chi connectivity index (χ2v) is 2.35. The van der Waals surface area contributed by atoms with Gasteiger partial charge in [0.15, 0.2) is 0 Å². The van der Waals surface area contributed by atoms with Crippen LogP contribution in [-0.2, 0) is 6.42 Å². The number of benzene rings is 1. The predicted octanol–water partition coefficient (Wildman–Crippen LogP) is 1.64. The molecule has 2 N–H and O–H groups in total. The number of halogens is 1. The minimum Gasteiger partial charge on any atom is -0.330 e. The van der Waals surface area contributed by atoms with Crippen molar-refractivity contribution in [1.82, 2.24) is 0 Å². The molecule has 0 spiro atoms. The summed E-state index contributed by atoms with van der Waals surface area (Å²) in [7, 11) is 0. The molecule has 0 heterocycles. The molecule has 2 nitrogen and oxygen atoms in total. The Hall–Kier alpha value is -0.850. The van der Waals surface area contributed by atoms with Gasteiger partial charge >= 0.3 is 0 Å². The van der Waals surface area contributed by atoms with Crippen LogP contribution in [0.3, 0.4) is 0 Å². The molecule has 1 aromatic rings. The summed E-state index contributed by atoms with van der Waals surface area (Å²) in [6.07, 6.45) is 0.881. The van der Waals surface area contributed by atoms with Crippen molar-refractivity contribution in [3.63, 3.8) is 0 Å². The van der Waals surface area contributed by atoms with Crippen molar-refractivity contribution in [2.45, 2.75) is 6.42 Å². The summed E-state index contributed by atoms with van der Waals surface area (Å²) in [5.74, 6) is 0. The monoisotopic (exact) mass is 226 g/mol. The molecule has 0 radical (unpaired) electrons. The molecule has 0 aromatic heterocycles. The Morgan fingerprint density at radius 2 is 1.83 bits per heavy atom. The van der Waals surface area contributed by atoms with Crippen molar-refractivity contribution in [1.29, 1.82) is 5.26 Å². The van der Waals surface area contributed by atoms with Crippen molar-refractivity contribution >= 4 is 17.0 Å². The number of hydrogen-bond donors (Lipinski definition) is 1. The smallest absolute Gasteiger partial charge is 0.0991 e. The van der Waals surface area contributed by atoms with Gasteiger partial charge in [-0.1, -0.05) is 12.1 Å². The number of nitrogens with two attached hydrogens (primary N) is 1. The fourth-order valence-electron chi connectivity index (χ4n) is 0.913. The maximum atomic E-state index is 8.48. The van der Waals surface area contributed by atoms with E-state index in [4.69, 9.17) is 11.0 Å². The zero-order chi connectivity index (χ0) is 8.10. The van der Waals surface area contributed by atoms with Gasteiger partial charge < -0.3 is 5.73 Å². The van der Waals surface area contributed by atoms with Crippen LogP contribution >= 0.6 is 17.0 Å². The first-order chi connectivity index (χ1) is 5.36. The molecule has 0 atom stereocenters. The Morgan fingerprint density at radius 3 is 2.25 bits per heavy atom. The van der Waals surface area contributed by atoms with Crippen molar-refractivity contribution in [3.05, 3.63) is 35.4 Å². The third-order valence-electron chi connectivity index (χ3n) is 1.52. The van der Waals surface area contributed by atoms with E-state index in [1.165, 1.54) is 5.56 Å². The lowest BCUT2D eigenvalue weighted by Gasteiger charge is -1.96. The maximum absolute atomic E-state index is 8.48. The van der Waals surface area contributed by atoms with Crippen molar-refractivity contribution in [3.8, 4) is 6.07 Å². The first-order valence-electron chi connectivity index (χ1n) is 3.56. The highest BCUT2D eigenvalue weighted by Crippen LogP contribution is 2.02. The van der Waals surface area contributed by atoms with Crippen LogP contribution in [0.1, 0.15) is 11.1 Å². The standard InChI is InChI=1S/C9H10N2.BrH/c10-6-5-8-1-3-9(7-11)4-2-8;/h1-4H,5-6,10H2;1H. The topological polar surface area (TPSA) is 49.8 Å². The number of nitrogens with zero attached hydrogens (tertiary/aromatic N) is 1. The maximum Gasteiger partial charge on any atom is 0.0991 e. The summed E-state index contributed by atoms with van der Waals surface area (Å²) in [6, 6.07) is 9.56. The highest BCUT2D eigenvalue weighted by Gasteiger charge is 1.90. The minimum atomic E-state index is 0. The van der Waals surface area contributed by atoms with Crippen molar-refractivity contribution in [2.75, 3.05) is 6.54 Å². The molecular weight excluding hydrogens is 216 g/mol. The van der Waals surface area contributed by atoms with Gasteiger partial charge in [-0.15, -0.1) is 17.0 Å². The average molecular weight is 227 g/mol. The Balaban J connectivity index is 0.00000121. The van der Waals surface area contributed by atoms with Gasteiger partial charge in [0.05, 0.1) is 11.6 Å². The highest BCUT2D eigenvalue weighted by atomic mass is 79.9. The minimum absolute atomic E-state index is 0. The quantitative estimate of drug-likeness (QED) is 0.834. The molecule has 64 valence electrons. The molecule has 0 saturated heterocycles. The van der Waals surface area contributed by atoms with Crippen molar-refractivity contribution < 1.29 is 0 Å². The van der Waals surface area contributed by atoms with E-state index in [2.05, 4.69) is 6.07 Å². The summed E-state index contributed by atoms with van der Waals surface area (Å²) < 4.78 is 0. The van der Waals surface area contributed by atoms with Crippen LogP contribution in [0.5, 0.6) is 0 Å². The first kappa shape index (κ1) is 11.2. The molecule has 1 rings (SSSR count). The highest BCUT2D eigenvalue weighted by molar-refractivity contribution is 8.93. The van der Waals surface area contributed by atoms with Gasteiger partial charge in [-0.05, 0) is 30.7 Å². The molecule has 0 aliphatic heterocycles. The molecular formula is C9H11BrN2. The number of nitriles is 1. The molecule has 12 heavy (non-hydrogen) atoms. The molecule has 0 unspecified atom stereocenters. The average Bonchev–Trinajstić information content (AvgIpc) is 2.07. The molecule has 0 amide bonds. The van der Waals surface area contributed by atoms with E-state index in [1.54, 1.807) is 0 Å². The summed E-state index contributed by atoms with van der Waals surface area (Å²) in [5, 5.41) is 8.48. The lowest BCUT2D eigenvalue weighted by Crippen LogP contribution is -2.02. The van der Waals surface area contributed by atoms with E-state index in [1.807, 2.05) is 24.3 Å². The predicted molar refractivity (Wildman–Crippen MR) is 54.2 cm³/mol. The molecule has 0 aliphatic carbocycles. The summed E-state index contributed by atoms with van der Waals surface area (Å²) in [5.41, 5.74) is 7.25. The van der Waals surface area contributed by atoms with Crippen LogP contribution in [-0.4, -0.2) is 6.54 Å². The van der Waals surface area contributed by atoms with E-state index in [0.29, 0.717) is 12.1 Å². The van der Waals surface area contributed by atoms with Gasteiger partial charge in [-0.3, -0.25) is 0 Å². The van der Waals surface area contributed by atoms with Gasteiger partial charge in [-0.2, -0.15) is 5.26 Å². The molecule has 0 aliphatic rings. The van der Waals surface area contributed by atoms with E-state index < -0.39 is 0 Å². The zero-order valence-electron chi connectivity index (χ0n) is 6.66. The van der Waals surface area contributed by atoms with Crippen LogP contribution in [0.25, 0.3) is 0 Å². The Labute approximate surface area is 82.8 Å². The van der Waals surface area contributed by atoms with Gasteiger partial charge in [0, 0.05) is 0 Å². The lowest BCUT2D eigenvalue weighted by molar-refractivity contribution is 0.968. The van der Waals surface area contributed by atoms with E-state index in [0.717, 1.165) is 6.42 Å². The van der Waals surface area contributed by atoms with Crippen LogP contribution in [0.4, 0.5) is 0 Å². The second-order valence-electron chi connectivity index (χ2n) is 2.35. The second kappa shape index (κ2) is 5.76. The van der Waals surface area contributed by atoms with Crippen LogP contribution < -0.4 is 5.73 Å². The summed E-state index contributed by atoms with van der Waals surface area (Å²) in [4.78, 5) is 0. The number of hydrogen-bond acceptors (Lipinski definition) is 2. The van der Waals surface area contributed by atoms with E-state index in [9.17, 15) is 0 Å². The fourth-order valence-corrected chi connectivity index (χ4v) is 0.913. The Morgan fingerprint density at radius 1 is 1.25 bits per heavy atom. The Bertz CT molecular complexity index is 261. The van der Waals surface area contributed by atoms with E-state index >= 15 is 0 Å². The first-order valence-corrected chi connectivity index (χ1v) is 3.56. The molecule has 0 saturated carbocycles. The van der Waals surface area contributed by atoms with Crippen LogP contribution in [0.15, 0.2) is 24.3 Å². The van der Waals surface area contributed by atoms with E-state index in [-0.39, 0.29) is 17.0 Å².